The van der Waals surface area contributed by atoms with Crippen LogP contribution >= 0.6 is 11.6 Å². The molecule has 0 fully saturated rings. The summed E-state index contributed by atoms with van der Waals surface area (Å²) in [5, 5.41) is 7.63. The van der Waals surface area contributed by atoms with E-state index in [0.29, 0.717) is 23.1 Å². The Morgan fingerprint density at radius 2 is 1.81 bits per heavy atom. The molecule has 26 heavy (non-hydrogen) atoms. The van der Waals surface area contributed by atoms with Crippen LogP contribution in [0.4, 0.5) is 0 Å². The number of aromatic nitrogens is 3. The lowest BCUT2D eigenvalue weighted by Crippen LogP contribution is -2.26. The van der Waals surface area contributed by atoms with Gasteiger partial charge < -0.3 is 0 Å². The number of nitrogens with one attached hydrogen (secondary N) is 2. The van der Waals surface area contributed by atoms with Crippen molar-refractivity contribution in [2.45, 2.75) is 25.2 Å². The fraction of sp³-hybridized carbons (Fsp3) is 0.222. The summed E-state index contributed by atoms with van der Waals surface area (Å²) in [6.45, 7) is 4.06. The van der Waals surface area contributed by atoms with Crippen LogP contribution in [0.15, 0.2) is 47.4 Å². The second-order valence-electron chi connectivity index (χ2n) is 6.01. The van der Waals surface area contributed by atoms with Crippen LogP contribution in [-0.2, 0) is 16.4 Å². The largest absolute Gasteiger partial charge is 0.263 e. The minimum absolute atomic E-state index is 0.227. The van der Waals surface area contributed by atoms with Crippen molar-refractivity contribution in [2.24, 2.45) is 0 Å². The summed E-state index contributed by atoms with van der Waals surface area (Å²) in [5.74, 6) is 1.16. The molecule has 1 heterocycles. The number of rotatable bonds is 6. The molecule has 0 aliphatic heterocycles. The Balaban J connectivity index is 1.62. The monoisotopic (exact) mass is 390 g/mol. The minimum atomic E-state index is -3.55. The van der Waals surface area contributed by atoms with Crippen molar-refractivity contribution < 1.29 is 8.42 Å². The molecule has 6 nitrogen and oxygen atoms in total. The highest BCUT2D eigenvalue weighted by atomic mass is 35.5. The number of hydrogen-bond donors (Lipinski definition) is 2. The van der Waals surface area contributed by atoms with Crippen LogP contribution in [0.5, 0.6) is 0 Å². The lowest BCUT2D eigenvalue weighted by molar-refractivity contribution is 0.581. The Kier molecular flexibility index (Phi) is 5.41. The van der Waals surface area contributed by atoms with Crippen molar-refractivity contribution >= 4 is 21.6 Å². The second kappa shape index (κ2) is 7.57. The molecule has 1 aromatic heterocycles. The first-order valence-electron chi connectivity index (χ1n) is 8.09. The molecule has 0 aliphatic carbocycles. The van der Waals surface area contributed by atoms with Gasteiger partial charge in [-0.3, -0.25) is 5.10 Å². The van der Waals surface area contributed by atoms with Crippen LogP contribution in [0.2, 0.25) is 5.02 Å². The molecule has 0 unspecified atom stereocenters. The van der Waals surface area contributed by atoms with Gasteiger partial charge in [-0.25, -0.2) is 18.1 Å². The van der Waals surface area contributed by atoms with Gasteiger partial charge in [0.15, 0.2) is 5.82 Å². The Morgan fingerprint density at radius 1 is 1.08 bits per heavy atom. The van der Waals surface area contributed by atoms with Gasteiger partial charge in [0.05, 0.1) is 4.90 Å². The van der Waals surface area contributed by atoms with E-state index in [1.807, 2.05) is 26.0 Å². The molecule has 2 N–H and O–H groups in total. The zero-order valence-corrected chi connectivity index (χ0v) is 16.0. The number of benzene rings is 2. The summed E-state index contributed by atoms with van der Waals surface area (Å²) in [7, 11) is -3.55. The topological polar surface area (TPSA) is 87.7 Å². The summed E-state index contributed by atoms with van der Waals surface area (Å²) < 4.78 is 27.3. The van der Waals surface area contributed by atoms with E-state index in [1.54, 1.807) is 30.3 Å². The van der Waals surface area contributed by atoms with E-state index in [2.05, 4.69) is 19.9 Å². The molecule has 0 aliphatic rings. The molecule has 0 amide bonds. The maximum absolute atomic E-state index is 12.4. The predicted octanol–water partition coefficient (Wildman–Crippen LogP) is 3.26. The molecule has 3 rings (SSSR count). The Bertz CT molecular complexity index is 1010. The molecule has 2 aromatic carbocycles. The van der Waals surface area contributed by atoms with Crippen molar-refractivity contribution in [1.29, 1.82) is 0 Å². The van der Waals surface area contributed by atoms with Crippen molar-refractivity contribution in [3.63, 3.8) is 0 Å². The van der Waals surface area contributed by atoms with Crippen LogP contribution in [-0.4, -0.2) is 30.1 Å². The molecular formula is C18H19ClN4O2S. The number of halogens is 1. The zero-order valence-electron chi connectivity index (χ0n) is 14.5. The van der Waals surface area contributed by atoms with E-state index >= 15 is 0 Å². The van der Waals surface area contributed by atoms with Crippen LogP contribution < -0.4 is 4.72 Å². The number of nitrogens with zero attached hydrogens (tertiary/aromatic N) is 2. The first-order chi connectivity index (χ1) is 12.3. The first kappa shape index (κ1) is 18.6. The highest BCUT2D eigenvalue weighted by Crippen LogP contribution is 2.18. The lowest BCUT2D eigenvalue weighted by Gasteiger charge is -2.08. The molecule has 8 heteroatoms. The van der Waals surface area contributed by atoms with Gasteiger partial charge in [0.1, 0.15) is 5.82 Å². The SMILES string of the molecule is Cc1ccc(S(=O)(=O)NCCc2nc(-c3ccc(Cl)cc3)n[nH]2)cc1C. The van der Waals surface area contributed by atoms with Crippen LogP contribution in [0.3, 0.4) is 0 Å². The molecule has 0 atom stereocenters. The van der Waals surface area contributed by atoms with Gasteiger partial charge in [0.2, 0.25) is 10.0 Å². The third-order valence-corrected chi connectivity index (χ3v) is 5.79. The number of aryl methyl sites for hydroxylation is 2. The lowest BCUT2D eigenvalue weighted by atomic mass is 10.1. The molecule has 136 valence electrons. The fourth-order valence-corrected chi connectivity index (χ4v) is 3.65. The maximum atomic E-state index is 12.4. The highest BCUT2D eigenvalue weighted by Gasteiger charge is 2.14. The Morgan fingerprint density at radius 3 is 2.50 bits per heavy atom. The quantitative estimate of drug-likeness (QED) is 0.676. The van der Waals surface area contributed by atoms with E-state index < -0.39 is 10.0 Å². The number of sulfonamides is 1. The van der Waals surface area contributed by atoms with Crippen LogP contribution in [0, 0.1) is 13.8 Å². The average Bonchev–Trinajstić information content (AvgIpc) is 3.06. The number of aromatic amines is 1. The van der Waals surface area contributed by atoms with Gasteiger partial charge >= 0.3 is 0 Å². The maximum Gasteiger partial charge on any atom is 0.240 e. The van der Waals surface area contributed by atoms with Crippen molar-refractivity contribution in [3.05, 3.63) is 64.4 Å². The average molecular weight is 391 g/mol. The van der Waals surface area contributed by atoms with Gasteiger partial charge in [-0.05, 0) is 61.4 Å². The summed E-state index contributed by atoms with van der Waals surface area (Å²) >= 11 is 5.87. The Labute approximate surface area is 157 Å². The zero-order chi connectivity index (χ0) is 18.7. The van der Waals surface area contributed by atoms with Gasteiger partial charge in [-0.1, -0.05) is 17.7 Å². The summed E-state index contributed by atoms with van der Waals surface area (Å²) in [6, 6.07) is 12.3. The van der Waals surface area contributed by atoms with Crippen molar-refractivity contribution in [3.8, 4) is 11.4 Å². The fourth-order valence-electron chi connectivity index (χ4n) is 2.40. The van der Waals surface area contributed by atoms with E-state index in [9.17, 15) is 8.42 Å². The van der Waals surface area contributed by atoms with E-state index in [0.717, 1.165) is 16.7 Å². The second-order valence-corrected chi connectivity index (χ2v) is 8.21. The van der Waals surface area contributed by atoms with Crippen LogP contribution in [0.1, 0.15) is 17.0 Å². The molecule has 0 radical (unpaired) electrons. The number of H-pyrrole nitrogens is 1. The predicted molar refractivity (Wildman–Crippen MR) is 102 cm³/mol. The van der Waals surface area contributed by atoms with Gasteiger partial charge in [0.25, 0.3) is 0 Å². The summed E-state index contributed by atoms with van der Waals surface area (Å²) in [6.07, 6.45) is 0.407. The van der Waals surface area contributed by atoms with Gasteiger partial charge in [-0.2, -0.15) is 5.10 Å². The number of hydrogen-bond acceptors (Lipinski definition) is 4. The van der Waals surface area contributed by atoms with Gasteiger partial charge in [0, 0.05) is 23.6 Å². The van der Waals surface area contributed by atoms with Crippen molar-refractivity contribution in [2.75, 3.05) is 6.54 Å². The highest BCUT2D eigenvalue weighted by molar-refractivity contribution is 7.89. The van der Waals surface area contributed by atoms with E-state index in [1.165, 1.54) is 0 Å². The summed E-state index contributed by atoms with van der Waals surface area (Å²) in [5.41, 5.74) is 2.84. The molecule has 3 aromatic rings. The molecule has 0 saturated heterocycles. The van der Waals surface area contributed by atoms with E-state index in [4.69, 9.17) is 11.6 Å². The molecular weight excluding hydrogens is 372 g/mol. The third kappa shape index (κ3) is 4.30. The standard InChI is InChI=1S/C18H19ClN4O2S/c1-12-3-8-16(11-13(12)2)26(24,25)20-10-9-17-21-18(23-22-17)14-4-6-15(19)7-5-14/h3-8,11,20H,9-10H2,1-2H3,(H,21,22,23). The Hall–Kier alpha value is -2.22. The minimum Gasteiger partial charge on any atom is -0.263 e. The smallest absolute Gasteiger partial charge is 0.240 e. The van der Waals surface area contributed by atoms with Crippen molar-refractivity contribution in [1.82, 2.24) is 19.9 Å². The third-order valence-electron chi connectivity index (χ3n) is 4.08. The molecule has 0 spiro atoms. The summed E-state index contributed by atoms with van der Waals surface area (Å²) in [4.78, 5) is 4.65. The molecule has 0 saturated carbocycles. The van der Waals surface area contributed by atoms with Gasteiger partial charge in [-0.15, -0.1) is 0 Å². The first-order valence-corrected chi connectivity index (χ1v) is 9.95. The van der Waals surface area contributed by atoms with Crippen LogP contribution in [0.25, 0.3) is 11.4 Å². The normalized spacial score (nSPS) is 11.7. The van der Waals surface area contributed by atoms with E-state index in [-0.39, 0.29) is 11.4 Å². The molecule has 0 bridgehead atoms.